The third-order valence-corrected chi connectivity index (χ3v) is 3.67. The number of allylic oxidation sites excluding steroid dienone is 1. The van der Waals surface area contributed by atoms with Gasteiger partial charge in [0.2, 0.25) is 7.98 Å². The molecule has 0 N–H and O–H groups in total. The van der Waals surface area contributed by atoms with Crippen LogP contribution in [0.5, 0.6) is 0 Å². The lowest BCUT2D eigenvalue weighted by Crippen LogP contribution is -2.53. The van der Waals surface area contributed by atoms with E-state index in [1.54, 1.807) is 6.08 Å². The summed E-state index contributed by atoms with van der Waals surface area (Å²) in [7, 11) is 7.12. The standard InChI is InChI=1S/C13H19BN2O2S/c1-4-6-9(7-5-2)8-10-11(17)15(3)13(19)16(14)12(10)18/h8-9H,4-7H2,1-3H3/b10-8+. The minimum atomic E-state index is -0.509. The molecule has 0 aromatic carbocycles. The summed E-state index contributed by atoms with van der Waals surface area (Å²) in [5.41, 5.74) is 0.130. The average Bonchev–Trinajstić information content (AvgIpc) is 2.39. The van der Waals surface area contributed by atoms with Gasteiger partial charge in [0.05, 0.1) is 0 Å². The van der Waals surface area contributed by atoms with Crippen LogP contribution >= 0.6 is 12.2 Å². The summed E-state index contributed by atoms with van der Waals surface area (Å²) in [6, 6.07) is 0. The van der Waals surface area contributed by atoms with Gasteiger partial charge in [-0.25, -0.2) is 0 Å². The average molecular weight is 278 g/mol. The number of hydrogen-bond acceptors (Lipinski definition) is 3. The molecule has 1 saturated heterocycles. The van der Waals surface area contributed by atoms with E-state index in [2.05, 4.69) is 13.8 Å². The molecule has 19 heavy (non-hydrogen) atoms. The van der Waals surface area contributed by atoms with Crippen molar-refractivity contribution < 1.29 is 9.59 Å². The van der Waals surface area contributed by atoms with Crippen LogP contribution in [0.2, 0.25) is 0 Å². The van der Waals surface area contributed by atoms with Crippen LogP contribution in [0.25, 0.3) is 0 Å². The van der Waals surface area contributed by atoms with Crippen LogP contribution in [-0.2, 0) is 9.59 Å². The molecule has 0 aromatic heterocycles. The van der Waals surface area contributed by atoms with Crippen molar-refractivity contribution >= 4 is 37.1 Å². The number of hydrogen-bond donors (Lipinski definition) is 0. The number of carbonyl (C=O) groups is 2. The molecule has 0 atom stereocenters. The summed E-state index contributed by atoms with van der Waals surface area (Å²) in [6.45, 7) is 4.17. The molecule has 102 valence electrons. The van der Waals surface area contributed by atoms with Gasteiger partial charge in [-0.15, -0.1) is 0 Å². The second-order valence-electron chi connectivity index (χ2n) is 4.74. The lowest BCUT2D eigenvalue weighted by atomic mass is 9.94. The highest BCUT2D eigenvalue weighted by molar-refractivity contribution is 7.80. The molecule has 0 unspecified atom stereocenters. The summed E-state index contributed by atoms with van der Waals surface area (Å²) in [5, 5.41) is 0.0367. The maximum Gasteiger partial charge on any atom is 0.264 e. The van der Waals surface area contributed by atoms with Crippen LogP contribution in [0.1, 0.15) is 39.5 Å². The first-order valence-electron chi connectivity index (χ1n) is 6.56. The first kappa shape index (κ1) is 15.9. The van der Waals surface area contributed by atoms with Crippen molar-refractivity contribution in [2.24, 2.45) is 5.92 Å². The minimum Gasteiger partial charge on any atom is -0.342 e. The Hall–Kier alpha value is -1.17. The fourth-order valence-electron chi connectivity index (χ4n) is 2.17. The predicted octanol–water partition coefficient (Wildman–Crippen LogP) is 1.80. The Kier molecular flexibility index (Phi) is 5.72. The number of likely N-dealkylation sites (N-methyl/N-ethyl adjacent to an activating group) is 1. The van der Waals surface area contributed by atoms with E-state index in [0.29, 0.717) is 0 Å². The molecule has 1 heterocycles. The zero-order valence-corrected chi connectivity index (χ0v) is 12.5. The van der Waals surface area contributed by atoms with Gasteiger partial charge in [0.1, 0.15) is 5.57 Å². The molecule has 1 fully saturated rings. The van der Waals surface area contributed by atoms with Gasteiger partial charge in [0, 0.05) is 7.05 Å². The molecule has 1 rings (SSSR count). The molecule has 0 aromatic rings. The Bertz CT molecular complexity index is 391. The molecule has 1 aliphatic heterocycles. The molecular formula is C13H19BN2O2S. The SMILES string of the molecule is [B]N1C(=O)/C(=C/C(CCC)CCC)C(=O)N(C)C1=S. The fraction of sp³-hybridized carbons (Fsp3) is 0.615. The maximum atomic E-state index is 12.1. The molecule has 4 nitrogen and oxygen atoms in total. The molecule has 2 radical (unpaired) electrons. The molecule has 0 saturated carbocycles. The summed E-state index contributed by atoms with van der Waals surface area (Å²) in [6.07, 6.45) is 5.69. The van der Waals surface area contributed by atoms with E-state index in [0.717, 1.165) is 30.5 Å². The van der Waals surface area contributed by atoms with Crippen molar-refractivity contribution in [3.05, 3.63) is 11.6 Å². The second-order valence-corrected chi connectivity index (χ2v) is 5.10. The summed E-state index contributed by atoms with van der Waals surface area (Å²) >= 11 is 4.93. The monoisotopic (exact) mass is 278 g/mol. The molecule has 2 amide bonds. The van der Waals surface area contributed by atoms with Gasteiger partial charge in [-0.3, -0.25) is 14.5 Å². The number of amides is 2. The molecule has 0 spiro atoms. The number of rotatable bonds is 5. The highest BCUT2D eigenvalue weighted by atomic mass is 32.1. The number of nitrogens with zero attached hydrogens (tertiary/aromatic N) is 2. The van der Waals surface area contributed by atoms with Gasteiger partial charge >= 0.3 is 0 Å². The van der Waals surface area contributed by atoms with Gasteiger partial charge in [-0.2, -0.15) is 0 Å². The third kappa shape index (κ3) is 3.44. The topological polar surface area (TPSA) is 40.6 Å². The fourth-order valence-corrected chi connectivity index (χ4v) is 2.33. The van der Waals surface area contributed by atoms with Crippen LogP contribution < -0.4 is 0 Å². The maximum absolute atomic E-state index is 12.1. The number of thiocarbonyl (C=S) groups is 1. The first-order chi connectivity index (χ1) is 8.93. The van der Waals surface area contributed by atoms with Gasteiger partial charge < -0.3 is 4.81 Å². The van der Waals surface area contributed by atoms with Crippen LogP contribution in [0.15, 0.2) is 11.6 Å². The van der Waals surface area contributed by atoms with E-state index >= 15 is 0 Å². The van der Waals surface area contributed by atoms with Gasteiger partial charge in [-0.1, -0.05) is 32.8 Å². The van der Waals surface area contributed by atoms with Crippen LogP contribution in [0.3, 0.4) is 0 Å². The largest absolute Gasteiger partial charge is 0.342 e. The van der Waals surface area contributed by atoms with Crippen molar-refractivity contribution in [1.82, 2.24) is 9.71 Å². The summed E-state index contributed by atoms with van der Waals surface area (Å²) in [4.78, 5) is 26.2. The normalized spacial score (nSPS) is 18.9. The van der Waals surface area contributed by atoms with Crippen molar-refractivity contribution in [1.29, 1.82) is 0 Å². The smallest absolute Gasteiger partial charge is 0.264 e. The van der Waals surface area contributed by atoms with Gasteiger partial charge in [0.15, 0.2) is 5.11 Å². The van der Waals surface area contributed by atoms with Crippen molar-refractivity contribution in [3.8, 4) is 0 Å². The highest BCUT2D eigenvalue weighted by Crippen LogP contribution is 2.21. The van der Waals surface area contributed by atoms with Crippen molar-refractivity contribution in [3.63, 3.8) is 0 Å². The molecule has 1 aliphatic rings. The quantitative estimate of drug-likeness (QED) is 0.333. The zero-order chi connectivity index (χ0) is 14.6. The second kappa shape index (κ2) is 6.84. The van der Waals surface area contributed by atoms with Crippen LogP contribution in [-0.4, -0.2) is 41.7 Å². The van der Waals surface area contributed by atoms with Gasteiger partial charge in [-0.05, 0) is 31.0 Å². The third-order valence-electron chi connectivity index (χ3n) is 3.20. The predicted molar refractivity (Wildman–Crippen MR) is 79.4 cm³/mol. The van der Waals surface area contributed by atoms with E-state index < -0.39 is 5.91 Å². The van der Waals surface area contributed by atoms with E-state index in [1.165, 1.54) is 11.9 Å². The Labute approximate surface area is 121 Å². The van der Waals surface area contributed by atoms with E-state index in [4.69, 9.17) is 20.2 Å². The van der Waals surface area contributed by atoms with E-state index in [-0.39, 0.29) is 22.5 Å². The van der Waals surface area contributed by atoms with E-state index in [9.17, 15) is 9.59 Å². The van der Waals surface area contributed by atoms with Crippen molar-refractivity contribution in [2.75, 3.05) is 7.05 Å². The summed E-state index contributed by atoms with van der Waals surface area (Å²) in [5.74, 6) is -0.648. The Balaban J connectivity index is 3.04. The molecule has 6 heteroatoms. The summed E-state index contributed by atoms with van der Waals surface area (Å²) < 4.78 is 0. The van der Waals surface area contributed by atoms with Crippen LogP contribution in [0, 0.1) is 5.92 Å². The molecule has 0 bridgehead atoms. The highest BCUT2D eigenvalue weighted by Gasteiger charge is 2.35. The van der Waals surface area contributed by atoms with Crippen molar-refractivity contribution in [2.45, 2.75) is 39.5 Å². The minimum absolute atomic E-state index is 0.0367. The van der Waals surface area contributed by atoms with Gasteiger partial charge in [0.25, 0.3) is 11.8 Å². The Morgan fingerprint density at radius 1 is 1.21 bits per heavy atom. The Morgan fingerprint density at radius 2 is 1.74 bits per heavy atom. The van der Waals surface area contributed by atoms with Crippen LogP contribution in [0.4, 0.5) is 0 Å². The lowest BCUT2D eigenvalue weighted by molar-refractivity contribution is -0.130. The zero-order valence-electron chi connectivity index (χ0n) is 11.7. The number of carbonyl (C=O) groups excluding carboxylic acids is 2. The lowest BCUT2D eigenvalue weighted by Gasteiger charge is -2.33. The molecular weight excluding hydrogens is 259 g/mol. The Morgan fingerprint density at radius 3 is 2.21 bits per heavy atom. The van der Waals surface area contributed by atoms with E-state index in [1.807, 2.05) is 0 Å². The molecule has 0 aliphatic carbocycles. The first-order valence-corrected chi connectivity index (χ1v) is 6.97.